The smallest absolute Gasteiger partial charge is 0.321 e. The Morgan fingerprint density at radius 1 is 1.30 bits per heavy atom. The maximum atomic E-state index is 13.0. The number of aromatic nitrogens is 3. The first-order chi connectivity index (χ1) is 15.9. The molecule has 1 aliphatic carbocycles. The van der Waals surface area contributed by atoms with E-state index in [2.05, 4.69) is 57.9 Å². The highest BCUT2D eigenvalue weighted by atomic mass is 32.1. The van der Waals surface area contributed by atoms with Crippen LogP contribution in [0.2, 0.25) is 0 Å². The maximum absolute atomic E-state index is 13.0. The summed E-state index contributed by atoms with van der Waals surface area (Å²) in [6.07, 6.45) is 8.50. The summed E-state index contributed by atoms with van der Waals surface area (Å²) < 4.78 is 8.29. The number of nitrogens with zero attached hydrogens (tertiary/aromatic N) is 4. The molecule has 2 heterocycles. The van der Waals surface area contributed by atoms with Crippen molar-refractivity contribution in [3.8, 4) is 0 Å². The lowest BCUT2D eigenvalue weighted by atomic mass is 9.68. The highest BCUT2D eigenvalue weighted by Crippen LogP contribution is 2.43. The van der Waals surface area contributed by atoms with Crippen LogP contribution in [0.4, 0.5) is 5.13 Å². The van der Waals surface area contributed by atoms with Gasteiger partial charge in [-0.1, -0.05) is 30.7 Å². The average Bonchev–Trinajstić information content (AvgIpc) is 3.40. The van der Waals surface area contributed by atoms with Gasteiger partial charge < -0.3 is 19.5 Å². The van der Waals surface area contributed by atoms with E-state index in [4.69, 9.17) is 4.74 Å². The number of thiazole rings is 1. The van der Waals surface area contributed by atoms with E-state index in [0.717, 1.165) is 28.6 Å². The van der Waals surface area contributed by atoms with Crippen molar-refractivity contribution in [1.82, 2.24) is 19.4 Å². The molecule has 33 heavy (non-hydrogen) atoms. The Bertz CT molecular complexity index is 1120. The Labute approximate surface area is 198 Å². The molecule has 1 saturated carbocycles. The monoisotopic (exact) mass is 469 g/mol. The summed E-state index contributed by atoms with van der Waals surface area (Å²) in [5.41, 5.74) is 0.899. The van der Waals surface area contributed by atoms with Gasteiger partial charge in [-0.05, 0) is 58.0 Å². The molecule has 8 nitrogen and oxygen atoms in total. The molecular formula is C24H31N5O3S. The van der Waals surface area contributed by atoms with Gasteiger partial charge in [0.1, 0.15) is 5.41 Å². The van der Waals surface area contributed by atoms with Crippen LogP contribution in [0.5, 0.6) is 0 Å². The molecule has 0 bridgehead atoms. The Hall–Kier alpha value is -2.78. The van der Waals surface area contributed by atoms with Gasteiger partial charge in [0.25, 0.3) is 0 Å². The van der Waals surface area contributed by atoms with Crippen molar-refractivity contribution < 1.29 is 14.3 Å². The van der Waals surface area contributed by atoms with Crippen molar-refractivity contribution in [2.24, 2.45) is 5.41 Å². The molecule has 0 spiro atoms. The topological polar surface area (TPSA) is 89.4 Å². The molecule has 4 rings (SSSR count). The number of esters is 1. The van der Waals surface area contributed by atoms with E-state index in [1.54, 1.807) is 13.1 Å². The number of rotatable bonds is 9. The van der Waals surface area contributed by atoms with E-state index in [1.165, 1.54) is 11.3 Å². The van der Waals surface area contributed by atoms with Gasteiger partial charge in [0.2, 0.25) is 5.91 Å². The van der Waals surface area contributed by atoms with Gasteiger partial charge in [-0.15, -0.1) is 0 Å². The predicted octanol–water partition coefficient (Wildman–Crippen LogP) is 4.09. The largest absolute Gasteiger partial charge is 0.465 e. The van der Waals surface area contributed by atoms with Gasteiger partial charge in [0, 0.05) is 18.4 Å². The number of imidazole rings is 1. The molecule has 176 valence electrons. The number of benzene rings is 1. The molecule has 2 atom stereocenters. The first kappa shape index (κ1) is 23.4. The number of carbonyl (C=O) groups is 2. The van der Waals surface area contributed by atoms with Gasteiger partial charge in [-0.25, -0.2) is 9.97 Å². The normalized spacial score (nSPS) is 16.9. The zero-order valence-corrected chi connectivity index (χ0v) is 20.4. The number of carbonyl (C=O) groups excluding carboxylic acids is 2. The fourth-order valence-electron chi connectivity index (χ4n) is 4.62. The lowest BCUT2D eigenvalue weighted by Gasteiger charge is -2.36. The Morgan fingerprint density at radius 3 is 2.67 bits per heavy atom. The van der Waals surface area contributed by atoms with Crippen LogP contribution in [-0.2, 0) is 14.3 Å². The standard InChI is InChI=1S/C24H31N5O3S/c1-5-18(28(3)4)20(29-13-12-25-15-29)16-8-9-17-19(14-16)33-23(26-17)27-21(30)24(10-7-11-24)22(31)32-6-2/h8-9,12-15,18,20H,5-7,10-11H2,1-4H3,(H,26,27,30). The number of hydrogen-bond acceptors (Lipinski definition) is 7. The Morgan fingerprint density at radius 2 is 2.09 bits per heavy atom. The van der Waals surface area contributed by atoms with Crippen LogP contribution in [0.25, 0.3) is 10.2 Å². The van der Waals surface area contributed by atoms with Crippen LogP contribution in [-0.4, -0.2) is 58.1 Å². The molecule has 3 aromatic rings. The number of nitrogens with one attached hydrogen (secondary N) is 1. The minimum absolute atomic E-state index is 0.0964. The van der Waals surface area contributed by atoms with Crippen LogP contribution >= 0.6 is 11.3 Å². The fraction of sp³-hybridized carbons (Fsp3) is 0.500. The van der Waals surface area contributed by atoms with E-state index >= 15 is 0 Å². The van der Waals surface area contributed by atoms with Gasteiger partial charge in [0.05, 0.1) is 29.2 Å². The third-order valence-corrected chi connectivity index (χ3v) is 7.51. The highest BCUT2D eigenvalue weighted by Gasteiger charge is 2.52. The summed E-state index contributed by atoms with van der Waals surface area (Å²) in [5, 5.41) is 3.39. The molecule has 1 aliphatic rings. The first-order valence-electron chi connectivity index (χ1n) is 11.4. The summed E-state index contributed by atoms with van der Waals surface area (Å²) in [5.74, 6) is -0.754. The minimum Gasteiger partial charge on any atom is -0.465 e. The van der Waals surface area contributed by atoms with Gasteiger partial charge in [0.15, 0.2) is 5.13 Å². The van der Waals surface area contributed by atoms with Crippen molar-refractivity contribution in [3.05, 3.63) is 42.5 Å². The molecule has 1 amide bonds. The van der Waals surface area contributed by atoms with Crippen molar-refractivity contribution in [2.75, 3.05) is 26.0 Å². The molecule has 2 aromatic heterocycles. The van der Waals surface area contributed by atoms with Crippen LogP contribution in [0, 0.1) is 5.41 Å². The maximum Gasteiger partial charge on any atom is 0.321 e. The molecule has 0 radical (unpaired) electrons. The van der Waals surface area contributed by atoms with Gasteiger partial charge in [-0.3, -0.25) is 9.59 Å². The molecule has 9 heteroatoms. The van der Waals surface area contributed by atoms with E-state index < -0.39 is 11.4 Å². The Kier molecular flexibility index (Phi) is 6.81. The summed E-state index contributed by atoms with van der Waals surface area (Å²) in [7, 11) is 4.19. The molecule has 0 saturated heterocycles. The lowest BCUT2D eigenvalue weighted by molar-refractivity contribution is -0.165. The molecule has 2 unspecified atom stereocenters. The van der Waals surface area contributed by atoms with E-state index in [9.17, 15) is 9.59 Å². The molecule has 1 fully saturated rings. The van der Waals surface area contributed by atoms with Gasteiger partial charge in [-0.2, -0.15) is 0 Å². The number of hydrogen-bond donors (Lipinski definition) is 1. The van der Waals surface area contributed by atoms with Crippen molar-refractivity contribution in [3.63, 3.8) is 0 Å². The number of amides is 1. The highest BCUT2D eigenvalue weighted by molar-refractivity contribution is 7.22. The van der Waals surface area contributed by atoms with E-state index in [1.807, 2.05) is 18.6 Å². The predicted molar refractivity (Wildman–Crippen MR) is 129 cm³/mol. The molecule has 1 N–H and O–H groups in total. The number of ether oxygens (including phenoxy) is 1. The zero-order valence-electron chi connectivity index (χ0n) is 19.6. The Balaban J connectivity index is 1.62. The summed E-state index contributed by atoms with van der Waals surface area (Å²) in [6, 6.07) is 6.61. The second-order valence-corrected chi connectivity index (χ2v) is 9.78. The van der Waals surface area contributed by atoms with Crippen LogP contribution in [0.1, 0.15) is 51.1 Å². The number of anilines is 1. The van der Waals surface area contributed by atoms with Gasteiger partial charge >= 0.3 is 5.97 Å². The number of likely N-dealkylation sites (N-methyl/N-ethyl adjacent to an activating group) is 1. The third-order valence-electron chi connectivity index (χ3n) is 6.57. The van der Waals surface area contributed by atoms with Crippen LogP contribution in [0.15, 0.2) is 36.9 Å². The summed E-state index contributed by atoms with van der Waals surface area (Å²) in [6.45, 7) is 4.21. The quantitative estimate of drug-likeness (QED) is 0.375. The van der Waals surface area contributed by atoms with E-state index in [0.29, 0.717) is 18.0 Å². The molecular weight excluding hydrogens is 438 g/mol. The summed E-state index contributed by atoms with van der Waals surface area (Å²) >= 11 is 1.42. The molecule has 0 aliphatic heterocycles. The fourth-order valence-corrected chi connectivity index (χ4v) is 5.53. The average molecular weight is 470 g/mol. The first-order valence-corrected chi connectivity index (χ1v) is 12.2. The third kappa shape index (κ3) is 4.39. The lowest BCUT2D eigenvalue weighted by Crippen LogP contribution is -2.49. The van der Waals surface area contributed by atoms with Crippen molar-refractivity contribution in [2.45, 2.75) is 51.6 Å². The second kappa shape index (κ2) is 9.61. The summed E-state index contributed by atoms with van der Waals surface area (Å²) in [4.78, 5) is 36.5. The van der Waals surface area contributed by atoms with Crippen LogP contribution < -0.4 is 5.32 Å². The SMILES string of the molecule is CCOC(=O)C1(C(=O)Nc2nc3ccc(C(C(CC)N(C)C)n4ccnc4)cc3s2)CCC1. The van der Waals surface area contributed by atoms with Crippen LogP contribution in [0.3, 0.4) is 0 Å². The zero-order chi connectivity index (χ0) is 23.6. The van der Waals surface area contributed by atoms with Crippen molar-refractivity contribution in [1.29, 1.82) is 0 Å². The second-order valence-electron chi connectivity index (χ2n) is 8.75. The van der Waals surface area contributed by atoms with Crippen molar-refractivity contribution >= 4 is 38.6 Å². The number of fused-ring (bicyclic) bond motifs is 1. The van der Waals surface area contributed by atoms with E-state index in [-0.39, 0.29) is 24.6 Å². The molecule has 1 aromatic carbocycles. The minimum atomic E-state index is -1.08.